The van der Waals surface area contributed by atoms with E-state index in [0.29, 0.717) is 13.0 Å². The maximum absolute atomic E-state index is 12.0. The molecule has 0 bridgehead atoms. The van der Waals surface area contributed by atoms with Gasteiger partial charge in [-0.1, -0.05) is 135 Å². The summed E-state index contributed by atoms with van der Waals surface area (Å²) in [6.07, 6.45) is 33.6. The smallest absolute Gasteiger partial charge is 0.309 e. The van der Waals surface area contributed by atoms with E-state index in [9.17, 15) is 9.59 Å². The van der Waals surface area contributed by atoms with Crippen LogP contribution in [0.2, 0.25) is 0 Å². The highest BCUT2D eigenvalue weighted by Gasteiger charge is 2.22. The number of hydrogen-bond acceptors (Lipinski definition) is 3. The van der Waals surface area contributed by atoms with Crippen LogP contribution in [0.4, 0.5) is 0 Å². The molecule has 0 saturated carbocycles. The average Bonchev–Trinajstić information content (AvgIpc) is 2.86. The second-order valence-corrected chi connectivity index (χ2v) is 10.7. The van der Waals surface area contributed by atoms with Crippen LogP contribution in [0.1, 0.15) is 168 Å². The lowest BCUT2D eigenvalue weighted by Crippen LogP contribution is -2.21. The molecule has 0 saturated heterocycles. The Bertz CT molecular complexity index is 514. The van der Waals surface area contributed by atoms with E-state index in [0.717, 1.165) is 25.7 Å². The zero-order chi connectivity index (χ0) is 26.5. The van der Waals surface area contributed by atoms with Gasteiger partial charge in [0.2, 0.25) is 0 Å². The third-order valence-corrected chi connectivity index (χ3v) is 7.02. The fraction of sp³-hybridized carbons (Fsp3) is 0.875. The quantitative estimate of drug-likeness (QED) is 0.0648. The molecule has 36 heavy (non-hydrogen) atoms. The number of unbranched alkanes of at least 4 members (excludes halogenated alkanes) is 19. The van der Waals surface area contributed by atoms with Crippen molar-refractivity contribution in [3.05, 3.63) is 12.2 Å². The van der Waals surface area contributed by atoms with Gasteiger partial charge >= 0.3 is 11.9 Å². The van der Waals surface area contributed by atoms with Gasteiger partial charge in [-0.05, 0) is 38.5 Å². The van der Waals surface area contributed by atoms with Gasteiger partial charge in [-0.25, -0.2) is 0 Å². The van der Waals surface area contributed by atoms with Crippen molar-refractivity contribution in [2.45, 2.75) is 168 Å². The molecule has 0 heterocycles. The minimum absolute atomic E-state index is 0.117. The molecule has 1 unspecified atom stereocenters. The first-order valence-electron chi connectivity index (χ1n) is 15.6. The van der Waals surface area contributed by atoms with Gasteiger partial charge in [0.1, 0.15) is 0 Å². The molecule has 0 aromatic heterocycles. The fourth-order valence-corrected chi connectivity index (χ4v) is 4.71. The van der Waals surface area contributed by atoms with Crippen LogP contribution in [0.5, 0.6) is 0 Å². The molecule has 0 aromatic rings. The topological polar surface area (TPSA) is 63.6 Å². The van der Waals surface area contributed by atoms with Crippen molar-refractivity contribution < 1.29 is 19.4 Å². The Balaban J connectivity index is 3.42. The van der Waals surface area contributed by atoms with Gasteiger partial charge in [0.25, 0.3) is 0 Å². The number of carboxylic acids is 1. The number of esters is 1. The van der Waals surface area contributed by atoms with Crippen LogP contribution in [0.3, 0.4) is 0 Å². The van der Waals surface area contributed by atoms with E-state index in [2.05, 4.69) is 19.1 Å². The minimum Gasteiger partial charge on any atom is -0.481 e. The summed E-state index contributed by atoms with van der Waals surface area (Å²) in [4.78, 5) is 23.0. The molecule has 0 aliphatic rings. The second-order valence-electron chi connectivity index (χ2n) is 10.7. The van der Waals surface area contributed by atoms with Crippen molar-refractivity contribution in [3.63, 3.8) is 0 Å². The molecule has 4 nitrogen and oxygen atoms in total. The third-order valence-electron chi connectivity index (χ3n) is 7.02. The number of carbonyl (C=O) groups is 2. The minimum atomic E-state index is -0.921. The Morgan fingerprint density at radius 2 is 1.03 bits per heavy atom. The predicted molar refractivity (Wildman–Crippen MR) is 153 cm³/mol. The predicted octanol–water partition coefficient (Wildman–Crippen LogP) is 10.2. The summed E-state index contributed by atoms with van der Waals surface area (Å²) in [5.74, 6) is -1.76. The van der Waals surface area contributed by atoms with Gasteiger partial charge in [0, 0.05) is 0 Å². The molecule has 0 amide bonds. The molecule has 0 aromatic carbocycles. The Morgan fingerprint density at radius 1 is 0.611 bits per heavy atom. The molecular formula is C32H60O4. The first-order chi connectivity index (χ1) is 17.6. The lowest BCUT2D eigenvalue weighted by atomic mass is 9.97. The molecule has 0 radical (unpaired) electrons. The first kappa shape index (κ1) is 34.7. The molecule has 1 atom stereocenters. The standard InChI is InChI=1S/C32H60O4/c1-3-5-6-7-8-9-10-11-12-13-14-15-16-17-18-19-20-21-22-23-24-25-26-27-30(29-31(33)34)32(35)36-28-4-2/h18-19,30H,3-17,20-29H2,1-2H3,(H,33,34)/b19-18+. The zero-order valence-electron chi connectivity index (χ0n) is 24.1. The normalized spacial score (nSPS) is 12.3. The van der Waals surface area contributed by atoms with Gasteiger partial charge in [-0.15, -0.1) is 0 Å². The largest absolute Gasteiger partial charge is 0.481 e. The summed E-state index contributed by atoms with van der Waals surface area (Å²) in [6, 6.07) is 0. The van der Waals surface area contributed by atoms with E-state index in [4.69, 9.17) is 9.84 Å². The lowest BCUT2D eigenvalue weighted by molar-refractivity contribution is -0.153. The van der Waals surface area contributed by atoms with Gasteiger partial charge in [0.05, 0.1) is 18.9 Å². The SMILES string of the molecule is CCCCCCCCCCCCCCC/C=C/CCCCCCCCC(CC(=O)O)C(=O)OCCC. The van der Waals surface area contributed by atoms with Crippen LogP contribution in [0, 0.1) is 5.92 Å². The number of hydrogen-bond donors (Lipinski definition) is 1. The Morgan fingerprint density at radius 3 is 1.44 bits per heavy atom. The number of carbonyl (C=O) groups excluding carboxylic acids is 1. The Kier molecular flexibility index (Phi) is 27.2. The highest BCUT2D eigenvalue weighted by atomic mass is 16.5. The summed E-state index contributed by atoms with van der Waals surface area (Å²) in [6.45, 7) is 4.60. The Hall–Kier alpha value is -1.32. The van der Waals surface area contributed by atoms with Crippen molar-refractivity contribution in [2.75, 3.05) is 6.61 Å². The Labute approximate surface area is 224 Å². The highest BCUT2D eigenvalue weighted by Crippen LogP contribution is 2.18. The number of allylic oxidation sites excluding steroid dienone is 2. The van der Waals surface area contributed by atoms with Crippen LogP contribution in [-0.4, -0.2) is 23.7 Å². The molecule has 0 fully saturated rings. The maximum atomic E-state index is 12.0. The van der Waals surface area contributed by atoms with Crippen molar-refractivity contribution in [1.29, 1.82) is 0 Å². The van der Waals surface area contributed by atoms with Gasteiger partial charge < -0.3 is 9.84 Å². The van der Waals surface area contributed by atoms with Gasteiger partial charge in [-0.2, -0.15) is 0 Å². The van der Waals surface area contributed by atoms with Crippen molar-refractivity contribution >= 4 is 11.9 Å². The van der Waals surface area contributed by atoms with Crippen molar-refractivity contribution in [3.8, 4) is 0 Å². The van der Waals surface area contributed by atoms with Crippen molar-refractivity contribution in [2.24, 2.45) is 5.92 Å². The van der Waals surface area contributed by atoms with Crippen LogP contribution in [0.15, 0.2) is 12.2 Å². The monoisotopic (exact) mass is 508 g/mol. The zero-order valence-corrected chi connectivity index (χ0v) is 24.1. The van der Waals surface area contributed by atoms with E-state index in [1.54, 1.807) is 0 Å². The second kappa shape index (κ2) is 28.3. The van der Waals surface area contributed by atoms with Crippen LogP contribution in [-0.2, 0) is 14.3 Å². The van der Waals surface area contributed by atoms with Gasteiger partial charge in [0.15, 0.2) is 0 Å². The molecular weight excluding hydrogens is 448 g/mol. The summed E-state index contributed by atoms with van der Waals surface area (Å²) in [5, 5.41) is 9.03. The summed E-state index contributed by atoms with van der Waals surface area (Å²) in [7, 11) is 0. The number of ether oxygens (including phenoxy) is 1. The molecule has 1 N–H and O–H groups in total. The van der Waals surface area contributed by atoms with Crippen molar-refractivity contribution in [1.82, 2.24) is 0 Å². The number of rotatable bonds is 28. The van der Waals surface area contributed by atoms with E-state index >= 15 is 0 Å². The average molecular weight is 509 g/mol. The van der Waals surface area contributed by atoms with E-state index in [1.165, 1.54) is 116 Å². The molecule has 212 valence electrons. The molecule has 0 rings (SSSR count). The van der Waals surface area contributed by atoms with Crippen LogP contribution < -0.4 is 0 Å². The van der Waals surface area contributed by atoms with E-state index in [-0.39, 0.29) is 12.4 Å². The molecule has 0 spiro atoms. The van der Waals surface area contributed by atoms with E-state index < -0.39 is 11.9 Å². The summed E-state index contributed by atoms with van der Waals surface area (Å²) >= 11 is 0. The fourth-order valence-electron chi connectivity index (χ4n) is 4.71. The molecule has 0 aliphatic heterocycles. The highest BCUT2D eigenvalue weighted by molar-refractivity contribution is 5.79. The summed E-state index contributed by atoms with van der Waals surface area (Å²) in [5.41, 5.74) is 0. The summed E-state index contributed by atoms with van der Waals surface area (Å²) < 4.78 is 5.15. The van der Waals surface area contributed by atoms with Crippen LogP contribution in [0.25, 0.3) is 0 Å². The lowest BCUT2D eigenvalue weighted by Gasteiger charge is -2.13. The molecule has 0 aliphatic carbocycles. The van der Waals surface area contributed by atoms with Crippen LogP contribution >= 0.6 is 0 Å². The maximum Gasteiger partial charge on any atom is 0.309 e. The third kappa shape index (κ3) is 25.8. The first-order valence-corrected chi connectivity index (χ1v) is 15.6. The number of carboxylic acid groups (broad SMARTS) is 1. The number of aliphatic carboxylic acids is 1. The molecule has 4 heteroatoms. The van der Waals surface area contributed by atoms with Gasteiger partial charge in [-0.3, -0.25) is 9.59 Å². The van der Waals surface area contributed by atoms with E-state index in [1.807, 2.05) is 6.92 Å².